The van der Waals surface area contributed by atoms with Crippen LogP contribution in [0.15, 0.2) is 18.2 Å². The van der Waals surface area contributed by atoms with E-state index in [4.69, 9.17) is 0 Å². The number of aromatic hydroxyl groups is 1. The van der Waals surface area contributed by atoms with Crippen molar-refractivity contribution >= 4 is 12.6 Å². The van der Waals surface area contributed by atoms with Gasteiger partial charge in [-0.05, 0) is 17.9 Å². The average Bonchev–Trinajstić information content (AvgIpc) is 2.03. The Morgan fingerprint density at radius 1 is 1.46 bits per heavy atom. The first-order chi connectivity index (χ1) is 5.99. The number of phenolic OH excluding ortho intramolecular Hbond substituents is 1. The van der Waals surface area contributed by atoms with Gasteiger partial charge in [-0.1, -0.05) is 19.9 Å². The zero-order chi connectivity index (χ0) is 10.1. The van der Waals surface area contributed by atoms with Crippen molar-refractivity contribution in [1.29, 1.82) is 0 Å². The van der Waals surface area contributed by atoms with Gasteiger partial charge in [-0.3, -0.25) is 0 Å². The molecule has 0 fully saturated rings. The molecular weight excluding hydrogens is 187 g/mol. The number of thiol groups is 1. The summed E-state index contributed by atoms with van der Waals surface area (Å²) in [6.07, 6.45) is 0. The number of phenols is 1. The van der Waals surface area contributed by atoms with Crippen LogP contribution in [0.2, 0.25) is 0 Å². The fourth-order valence-corrected chi connectivity index (χ4v) is 1.42. The molecule has 0 spiro atoms. The van der Waals surface area contributed by atoms with Gasteiger partial charge >= 0.3 is 0 Å². The van der Waals surface area contributed by atoms with E-state index >= 15 is 0 Å². The smallest absolute Gasteiger partial charge is 0.130 e. The van der Waals surface area contributed by atoms with Crippen molar-refractivity contribution in [3.8, 4) is 5.75 Å². The molecule has 0 bridgehead atoms. The van der Waals surface area contributed by atoms with Gasteiger partial charge in [0, 0.05) is 11.0 Å². The lowest BCUT2D eigenvalue weighted by Crippen LogP contribution is -2.21. The molecule has 0 aliphatic rings. The summed E-state index contributed by atoms with van der Waals surface area (Å²) in [5, 5.41) is 9.48. The molecule has 0 unspecified atom stereocenters. The van der Waals surface area contributed by atoms with E-state index in [0.717, 1.165) is 0 Å². The van der Waals surface area contributed by atoms with Crippen LogP contribution < -0.4 is 0 Å². The van der Waals surface area contributed by atoms with Crippen LogP contribution in [0.5, 0.6) is 5.75 Å². The molecule has 1 rings (SSSR count). The Labute approximate surface area is 83.0 Å². The van der Waals surface area contributed by atoms with E-state index < -0.39 is 5.41 Å². The summed E-state index contributed by atoms with van der Waals surface area (Å²) in [4.78, 5) is 0. The van der Waals surface area contributed by atoms with Crippen molar-refractivity contribution in [2.45, 2.75) is 19.3 Å². The first-order valence-electron chi connectivity index (χ1n) is 4.08. The second kappa shape index (κ2) is 3.58. The lowest BCUT2D eigenvalue weighted by Gasteiger charge is -2.24. The Kier molecular flexibility index (Phi) is 2.86. The van der Waals surface area contributed by atoms with Crippen molar-refractivity contribution < 1.29 is 9.50 Å². The summed E-state index contributed by atoms with van der Waals surface area (Å²) in [5.74, 6) is 0.111. The summed E-state index contributed by atoms with van der Waals surface area (Å²) in [5.41, 5.74) is -0.108. The summed E-state index contributed by atoms with van der Waals surface area (Å²) in [6, 6.07) is 4.33. The van der Waals surface area contributed by atoms with E-state index in [1.165, 1.54) is 18.2 Å². The second-order valence-electron chi connectivity index (χ2n) is 3.68. The van der Waals surface area contributed by atoms with Gasteiger partial charge in [0.05, 0.1) is 0 Å². The third-order valence-corrected chi connectivity index (χ3v) is 2.85. The van der Waals surface area contributed by atoms with Crippen molar-refractivity contribution in [3.05, 3.63) is 29.6 Å². The van der Waals surface area contributed by atoms with E-state index in [9.17, 15) is 9.50 Å². The second-order valence-corrected chi connectivity index (χ2v) is 3.99. The van der Waals surface area contributed by atoms with E-state index in [1.807, 2.05) is 13.8 Å². The lowest BCUT2D eigenvalue weighted by molar-refractivity contribution is 0.431. The molecule has 1 nitrogen and oxygen atoms in total. The normalized spacial score (nSPS) is 11.7. The zero-order valence-corrected chi connectivity index (χ0v) is 8.61. The van der Waals surface area contributed by atoms with Crippen molar-refractivity contribution in [3.63, 3.8) is 0 Å². The highest BCUT2D eigenvalue weighted by Crippen LogP contribution is 2.33. The molecule has 1 N–H and O–H groups in total. The minimum Gasteiger partial charge on any atom is -0.508 e. The monoisotopic (exact) mass is 200 g/mol. The van der Waals surface area contributed by atoms with Crippen LogP contribution in [-0.2, 0) is 5.41 Å². The van der Waals surface area contributed by atoms with Gasteiger partial charge in [0.2, 0.25) is 0 Å². The van der Waals surface area contributed by atoms with Gasteiger partial charge in [0.25, 0.3) is 0 Å². The Hall–Kier alpha value is -0.700. The van der Waals surface area contributed by atoms with Gasteiger partial charge in [0.15, 0.2) is 0 Å². The highest BCUT2D eigenvalue weighted by Gasteiger charge is 2.25. The average molecular weight is 200 g/mol. The summed E-state index contributed by atoms with van der Waals surface area (Å²) in [6.45, 7) is 3.69. The highest BCUT2D eigenvalue weighted by molar-refractivity contribution is 7.80. The van der Waals surface area contributed by atoms with Crippen LogP contribution in [-0.4, -0.2) is 10.9 Å². The molecule has 1 aromatic rings. The molecular formula is C10H13FOS. The van der Waals surface area contributed by atoms with Crippen LogP contribution in [0.1, 0.15) is 19.4 Å². The largest absolute Gasteiger partial charge is 0.508 e. The maximum atomic E-state index is 13.3. The Morgan fingerprint density at radius 2 is 2.08 bits per heavy atom. The Bertz CT molecular complexity index is 290. The maximum absolute atomic E-state index is 13.3. The molecule has 0 heterocycles. The lowest BCUT2D eigenvalue weighted by atomic mass is 9.85. The highest BCUT2D eigenvalue weighted by atomic mass is 32.1. The molecule has 0 amide bonds. The molecule has 1 aromatic carbocycles. The van der Waals surface area contributed by atoms with Crippen LogP contribution in [0.25, 0.3) is 0 Å². The third kappa shape index (κ3) is 1.97. The number of rotatable bonds is 2. The predicted molar refractivity (Wildman–Crippen MR) is 54.9 cm³/mol. The first-order valence-corrected chi connectivity index (χ1v) is 4.71. The van der Waals surface area contributed by atoms with E-state index in [0.29, 0.717) is 11.3 Å². The fraction of sp³-hybridized carbons (Fsp3) is 0.400. The number of benzene rings is 1. The number of hydrogen-bond acceptors (Lipinski definition) is 2. The molecule has 0 saturated heterocycles. The topological polar surface area (TPSA) is 20.2 Å². The molecule has 72 valence electrons. The van der Waals surface area contributed by atoms with E-state index in [-0.39, 0.29) is 11.6 Å². The first kappa shape index (κ1) is 10.4. The van der Waals surface area contributed by atoms with E-state index in [1.54, 1.807) is 0 Å². The van der Waals surface area contributed by atoms with Gasteiger partial charge in [-0.2, -0.15) is 12.6 Å². The predicted octanol–water partition coefficient (Wildman–Crippen LogP) is 2.74. The number of hydrogen-bond donors (Lipinski definition) is 2. The van der Waals surface area contributed by atoms with Gasteiger partial charge in [-0.25, -0.2) is 4.39 Å². The van der Waals surface area contributed by atoms with Crippen molar-refractivity contribution in [2.75, 3.05) is 5.75 Å². The Morgan fingerprint density at radius 3 is 2.54 bits per heavy atom. The summed E-state index contributed by atoms with van der Waals surface area (Å²) >= 11 is 4.13. The molecule has 0 atom stereocenters. The van der Waals surface area contributed by atoms with Crippen LogP contribution in [0.4, 0.5) is 4.39 Å². The van der Waals surface area contributed by atoms with Crippen molar-refractivity contribution in [2.24, 2.45) is 0 Å². The Balaban J connectivity index is 3.28. The molecule has 0 radical (unpaired) electrons. The minimum absolute atomic E-state index is 0.000880. The fourth-order valence-electron chi connectivity index (χ4n) is 1.26. The third-order valence-electron chi connectivity index (χ3n) is 2.06. The van der Waals surface area contributed by atoms with Crippen molar-refractivity contribution in [1.82, 2.24) is 0 Å². The van der Waals surface area contributed by atoms with Gasteiger partial charge in [0.1, 0.15) is 11.6 Å². The molecule has 0 aliphatic carbocycles. The molecule has 13 heavy (non-hydrogen) atoms. The molecule has 3 heteroatoms. The summed E-state index contributed by atoms with van der Waals surface area (Å²) < 4.78 is 13.3. The van der Waals surface area contributed by atoms with E-state index in [2.05, 4.69) is 12.6 Å². The standard InChI is InChI=1S/C10H13FOS/c1-10(2,6-13)9-7(11)4-3-5-8(9)12/h3-5,12-13H,6H2,1-2H3. The maximum Gasteiger partial charge on any atom is 0.130 e. The zero-order valence-electron chi connectivity index (χ0n) is 7.71. The minimum atomic E-state index is -0.446. The molecule has 0 aromatic heterocycles. The molecule has 0 saturated carbocycles. The quantitative estimate of drug-likeness (QED) is 0.703. The summed E-state index contributed by atoms with van der Waals surface area (Å²) in [7, 11) is 0. The number of halogens is 1. The van der Waals surface area contributed by atoms with Gasteiger partial charge in [-0.15, -0.1) is 0 Å². The SMILES string of the molecule is CC(C)(CS)c1c(O)cccc1F. The molecule has 0 aliphatic heterocycles. The van der Waals surface area contributed by atoms with Crippen LogP contribution in [0.3, 0.4) is 0 Å². The van der Waals surface area contributed by atoms with Gasteiger partial charge < -0.3 is 5.11 Å². The van der Waals surface area contributed by atoms with Crippen LogP contribution in [0, 0.1) is 5.82 Å². The van der Waals surface area contributed by atoms with Crippen LogP contribution >= 0.6 is 12.6 Å².